The molecule has 5 heteroatoms. The summed E-state index contributed by atoms with van der Waals surface area (Å²) in [6.07, 6.45) is -0.383. The van der Waals surface area contributed by atoms with Crippen molar-refractivity contribution in [3.05, 3.63) is 30.1 Å². The summed E-state index contributed by atoms with van der Waals surface area (Å²) in [7, 11) is 1.81. The van der Waals surface area contributed by atoms with Gasteiger partial charge in [-0.15, -0.1) is 0 Å². The van der Waals surface area contributed by atoms with E-state index < -0.39 is 0 Å². The Bertz CT molecular complexity index is 380. The zero-order valence-electron chi connectivity index (χ0n) is 8.94. The van der Waals surface area contributed by atoms with E-state index in [1.807, 2.05) is 7.05 Å². The fourth-order valence-electron chi connectivity index (χ4n) is 1.76. The van der Waals surface area contributed by atoms with Crippen LogP contribution in [0.25, 0.3) is 0 Å². The molecule has 0 radical (unpaired) electrons. The lowest BCUT2D eigenvalue weighted by molar-refractivity contribution is 0.178. The van der Waals surface area contributed by atoms with Gasteiger partial charge < -0.3 is 10.1 Å². The van der Waals surface area contributed by atoms with Gasteiger partial charge in [-0.05, 0) is 31.3 Å². The van der Waals surface area contributed by atoms with E-state index in [-0.39, 0.29) is 18.0 Å². The van der Waals surface area contributed by atoms with Crippen molar-refractivity contribution in [1.29, 1.82) is 0 Å². The fraction of sp³-hybridized carbons (Fsp3) is 0.364. The summed E-state index contributed by atoms with van der Waals surface area (Å²) in [6.45, 7) is 1.00. The fourth-order valence-corrected chi connectivity index (χ4v) is 1.76. The first-order chi connectivity index (χ1) is 7.72. The zero-order valence-corrected chi connectivity index (χ0v) is 8.94. The quantitative estimate of drug-likeness (QED) is 0.843. The van der Waals surface area contributed by atoms with Gasteiger partial charge in [0.05, 0.1) is 6.04 Å². The minimum absolute atomic E-state index is 0.0389. The smallest absolute Gasteiger partial charge is 0.414 e. The number of anilines is 1. The number of hydrogen-bond donors (Lipinski definition) is 1. The highest BCUT2D eigenvalue weighted by molar-refractivity contribution is 5.90. The highest BCUT2D eigenvalue weighted by Crippen LogP contribution is 2.22. The first-order valence-electron chi connectivity index (χ1n) is 5.08. The number of hydrogen-bond acceptors (Lipinski definition) is 3. The van der Waals surface area contributed by atoms with E-state index in [0.717, 1.165) is 0 Å². The van der Waals surface area contributed by atoms with Crippen LogP contribution in [-0.4, -0.2) is 32.3 Å². The van der Waals surface area contributed by atoms with E-state index in [2.05, 4.69) is 5.32 Å². The Hall–Kier alpha value is -1.62. The number of rotatable bonds is 3. The molecular weight excluding hydrogens is 211 g/mol. The van der Waals surface area contributed by atoms with Crippen LogP contribution in [0, 0.1) is 5.82 Å². The largest absolute Gasteiger partial charge is 0.447 e. The number of amides is 1. The van der Waals surface area contributed by atoms with Gasteiger partial charge in [-0.3, -0.25) is 4.90 Å². The van der Waals surface area contributed by atoms with Crippen molar-refractivity contribution in [2.24, 2.45) is 0 Å². The molecule has 4 nitrogen and oxygen atoms in total. The van der Waals surface area contributed by atoms with Crippen molar-refractivity contribution in [2.75, 3.05) is 25.1 Å². The summed E-state index contributed by atoms with van der Waals surface area (Å²) >= 11 is 0. The number of likely N-dealkylation sites (N-methyl/N-ethyl adjacent to an activating group) is 1. The molecular formula is C11H13FN2O2. The van der Waals surface area contributed by atoms with Gasteiger partial charge in [0.1, 0.15) is 12.4 Å². The molecule has 0 saturated carbocycles. The molecule has 0 bridgehead atoms. The van der Waals surface area contributed by atoms with E-state index in [0.29, 0.717) is 18.8 Å². The normalized spacial score (nSPS) is 20.0. The average molecular weight is 224 g/mol. The molecule has 1 aromatic carbocycles. The molecule has 2 rings (SSSR count). The molecule has 1 aromatic rings. The van der Waals surface area contributed by atoms with Crippen molar-refractivity contribution in [3.8, 4) is 0 Å². The van der Waals surface area contributed by atoms with Crippen LogP contribution in [0.5, 0.6) is 0 Å². The predicted octanol–water partition coefficient (Wildman–Crippen LogP) is 1.37. The molecule has 1 atom stereocenters. The van der Waals surface area contributed by atoms with Gasteiger partial charge in [0, 0.05) is 12.2 Å². The van der Waals surface area contributed by atoms with Crippen molar-refractivity contribution in [1.82, 2.24) is 5.32 Å². The molecule has 1 unspecified atom stereocenters. The molecule has 1 N–H and O–H groups in total. The van der Waals surface area contributed by atoms with Crippen LogP contribution in [0.15, 0.2) is 24.3 Å². The summed E-state index contributed by atoms with van der Waals surface area (Å²) in [4.78, 5) is 13.1. The van der Waals surface area contributed by atoms with Gasteiger partial charge in [-0.2, -0.15) is 0 Å². The Balaban J connectivity index is 2.22. The molecule has 86 valence electrons. The van der Waals surface area contributed by atoms with Gasteiger partial charge in [0.2, 0.25) is 0 Å². The lowest BCUT2D eigenvalue weighted by Gasteiger charge is -2.20. The van der Waals surface area contributed by atoms with Gasteiger partial charge in [-0.25, -0.2) is 9.18 Å². The molecule has 0 aromatic heterocycles. The maximum absolute atomic E-state index is 12.8. The van der Waals surface area contributed by atoms with Crippen LogP contribution < -0.4 is 10.2 Å². The van der Waals surface area contributed by atoms with Crippen molar-refractivity contribution >= 4 is 11.8 Å². The van der Waals surface area contributed by atoms with Crippen LogP contribution in [-0.2, 0) is 4.74 Å². The number of halogens is 1. The number of ether oxygens (including phenoxy) is 1. The van der Waals surface area contributed by atoms with Crippen molar-refractivity contribution in [2.45, 2.75) is 6.04 Å². The Labute approximate surface area is 93.0 Å². The monoisotopic (exact) mass is 224 g/mol. The Morgan fingerprint density at radius 1 is 1.50 bits per heavy atom. The number of nitrogens with zero attached hydrogens (tertiary/aromatic N) is 1. The Morgan fingerprint density at radius 3 is 2.81 bits per heavy atom. The van der Waals surface area contributed by atoms with Crippen molar-refractivity contribution in [3.63, 3.8) is 0 Å². The summed E-state index contributed by atoms with van der Waals surface area (Å²) < 4.78 is 17.7. The van der Waals surface area contributed by atoms with Crippen LogP contribution in [0.3, 0.4) is 0 Å². The van der Waals surface area contributed by atoms with Crippen LogP contribution in [0.2, 0.25) is 0 Å². The molecule has 0 aliphatic carbocycles. The molecule has 1 heterocycles. The van der Waals surface area contributed by atoms with Crippen LogP contribution in [0.1, 0.15) is 0 Å². The zero-order chi connectivity index (χ0) is 11.5. The average Bonchev–Trinajstić information content (AvgIpc) is 2.62. The second-order valence-corrected chi connectivity index (χ2v) is 3.63. The van der Waals surface area contributed by atoms with E-state index in [4.69, 9.17) is 4.74 Å². The number of carbonyl (C=O) groups is 1. The predicted molar refractivity (Wildman–Crippen MR) is 57.9 cm³/mol. The summed E-state index contributed by atoms with van der Waals surface area (Å²) in [6, 6.07) is 5.77. The van der Waals surface area contributed by atoms with Crippen LogP contribution >= 0.6 is 0 Å². The first kappa shape index (κ1) is 10.9. The molecule has 0 spiro atoms. The highest BCUT2D eigenvalue weighted by Gasteiger charge is 2.33. The molecule has 1 fully saturated rings. The lowest BCUT2D eigenvalue weighted by atomic mass is 10.2. The van der Waals surface area contributed by atoms with E-state index in [1.54, 1.807) is 12.1 Å². The van der Waals surface area contributed by atoms with Gasteiger partial charge in [-0.1, -0.05) is 0 Å². The highest BCUT2D eigenvalue weighted by atomic mass is 19.1. The second-order valence-electron chi connectivity index (χ2n) is 3.63. The van der Waals surface area contributed by atoms with Gasteiger partial charge in [0.15, 0.2) is 0 Å². The summed E-state index contributed by atoms with van der Waals surface area (Å²) in [5, 5.41) is 2.99. The number of carbonyl (C=O) groups excluding carboxylic acids is 1. The molecule has 1 aliphatic heterocycles. The molecule has 1 amide bonds. The minimum Gasteiger partial charge on any atom is -0.447 e. The lowest BCUT2D eigenvalue weighted by Crippen LogP contribution is -2.40. The first-order valence-corrected chi connectivity index (χ1v) is 5.08. The minimum atomic E-state index is -0.383. The van der Waals surface area contributed by atoms with Crippen LogP contribution in [0.4, 0.5) is 14.9 Å². The van der Waals surface area contributed by atoms with Gasteiger partial charge in [0.25, 0.3) is 0 Å². The third-order valence-corrected chi connectivity index (χ3v) is 2.51. The van der Waals surface area contributed by atoms with E-state index in [9.17, 15) is 9.18 Å². The van der Waals surface area contributed by atoms with E-state index >= 15 is 0 Å². The topological polar surface area (TPSA) is 41.6 Å². The maximum atomic E-state index is 12.8. The molecule has 1 aliphatic rings. The van der Waals surface area contributed by atoms with Gasteiger partial charge >= 0.3 is 6.09 Å². The summed E-state index contributed by atoms with van der Waals surface area (Å²) in [5.41, 5.74) is 0.657. The second kappa shape index (κ2) is 4.49. The third kappa shape index (κ3) is 1.99. The number of benzene rings is 1. The molecule has 16 heavy (non-hydrogen) atoms. The van der Waals surface area contributed by atoms with Crippen molar-refractivity contribution < 1.29 is 13.9 Å². The standard InChI is InChI=1S/C11H13FN2O2/c1-13-6-10-7-16-11(15)14(10)9-4-2-8(12)3-5-9/h2-5,10,13H,6-7H2,1H3. The maximum Gasteiger partial charge on any atom is 0.414 e. The molecule has 1 saturated heterocycles. The SMILES string of the molecule is CNCC1COC(=O)N1c1ccc(F)cc1. The number of nitrogens with one attached hydrogen (secondary N) is 1. The Morgan fingerprint density at radius 2 is 2.19 bits per heavy atom. The number of cyclic esters (lactones) is 1. The third-order valence-electron chi connectivity index (χ3n) is 2.51. The van der Waals surface area contributed by atoms with E-state index in [1.165, 1.54) is 17.0 Å². The Kier molecular flexibility index (Phi) is 3.05. The summed E-state index contributed by atoms with van der Waals surface area (Å²) in [5.74, 6) is -0.318.